The SMILES string of the molecule is CC(C)CC1(CN2CCC(N)CC2C)CCCC1. The Hall–Kier alpha value is -0.0800. The van der Waals surface area contributed by atoms with Gasteiger partial charge in [-0.3, -0.25) is 4.90 Å². The van der Waals surface area contributed by atoms with E-state index in [-0.39, 0.29) is 0 Å². The largest absolute Gasteiger partial charge is 0.328 e. The molecule has 2 heteroatoms. The Morgan fingerprint density at radius 3 is 2.50 bits per heavy atom. The van der Waals surface area contributed by atoms with Crippen LogP contribution in [0.4, 0.5) is 0 Å². The van der Waals surface area contributed by atoms with Crippen LogP contribution >= 0.6 is 0 Å². The lowest BCUT2D eigenvalue weighted by molar-refractivity contribution is 0.0707. The van der Waals surface area contributed by atoms with Crippen molar-refractivity contribution in [3.8, 4) is 0 Å². The van der Waals surface area contributed by atoms with Gasteiger partial charge in [-0.1, -0.05) is 26.7 Å². The highest BCUT2D eigenvalue weighted by molar-refractivity contribution is 4.91. The van der Waals surface area contributed by atoms with Crippen LogP contribution in [-0.2, 0) is 0 Å². The average molecular weight is 252 g/mol. The molecule has 1 aliphatic carbocycles. The molecule has 0 aromatic rings. The highest BCUT2D eigenvalue weighted by atomic mass is 15.2. The zero-order valence-corrected chi connectivity index (χ0v) is 12.6. The molecular weight excluding hydrogens is 220 g/mol. The summed E-state index contributed by atoms with van der Waals surface area (Å²) in [6.45, 7) is 9.70. The highest BCUT2D eigenvalue weighted by Gasteiger charge is 2.37. The number of rotatable bonds is 4. The number of nitrogens with two attached hydrogens (primary N) is 1. The van der Waals surface area contributed by atoms with Crippen LogP contribution in [0.1, 0.15) is 65.7 Å². The van der Waals surface area contributed by atoms with E-state index in [0.717, 1.165) is 5.92 Å². The number of nitrogens with zero attached hydrogens (tertiary/aromatic N) is 1. The van der Waals surface area contributed by atoms with Gasteiger partial charge in [-0.15, -0.1) is 0 Å². The maximum absolute atomic E-state index is 6.08. The fourth-order valence-electron chi connectivity index (χ4n) is 4.34. The molecule has 2 nitrogen and oxygen atoms in total. The monoisotopic (exact) mass is 252 g/mol. The van der Waals surface area contributed by atoms with Crippen LogP contribution in [0.15, 0.2) is 0 Å². The molecule has 0 radical (unpaired) electrons. The van der Waals surface area contributed by atoms with E-state index in [1.165, 1.54) is 58.0 Å². The van der Waals surface area contributed by atoms with E-state index in [0.29, 0.717) is 17.5 Å². The van der Waals surface area contributed by atoms with Gasteiger partial charge in [0.05, 0.1) is 0 Å². The minimum absolute atomic E-state index is 0.445. The molecule has 0 amide bonds. The fourth-order valence-corrected chi connectivity index (χ4v) is 4.34. The first-order valence-electron chi connectivity index (χ1n) is 8.00. The number of piperidine rings is 1. The first kappa shape index (κ1) is 14.3. The second-order valence-corrected chi connectivity index (χ2v) is 7.41. The van der Waals surface area contributed by atoms with Gasteiger partial charge in [-0.2, -0.15) is 0 Å². The normalized spacial score (nSPS) is 33.2. The summed E-state index contributed by atoms with van der Waals surface area (Å²) in [7, 11) is 0. The third kappa shape index (κ3) is 3.48. The maximum atomic E-state index is 6.08. The summed E-state index contributed by atoms with van der Waals surface area (Å²) >= 11 is 0. The first-order valence-corrected chi connectivity index (χ1v) is 8.00. The van der Waals surface area contributed by atoms with Gasteiger partial charge in [0.1, 0.15) is 0 Å². The van der Waals surface area contributed by atoms with E-state index < -0.39 is 0 Å². The van der Waals surface area contributed by atoms with Crippen molar-refractivity contribution in [3.63, 3.8) is 0 Å². The molecule has 2 N–H and O–H groups in total. The molecule has 2 aliphatic rings. The topological polar surface area (TPSA) is 29.3 Å². The van der Waals surface area contributed by atoms with Crippen LogP contribution in [0.25, 0.3) is 0 Å². The zero-order valence-electron chi connectivity index (χ0n) is 12.6. The molecule has 1 saturated carbocycles. The predicted molar refractivity (Wildman–Crippen MR) is 78.6 cm³/mol. The second-order valence-electron chi connectivity index (χ2n) is 7.41. The Morgan fingerprint density at radius 2 is 1.94 bits per heavy atom. The van der Waals surface area contributed by atoms with E-state index >= 15 is 0 Å². The Morgan fingerprint density at radius 1 is 1.28 bits per heavy atom. The summed E-state index contributed by atoms with van der Waals surface area (Å²) in [5, 5.41) is 0. The van der Waals surface area contributed by atoms with Crippen molar-refractivity contribution in [2.45, 2.75) is 77.8 Å². The summed E-state index contributed by atoms with van der Waals surface area (Å²) in [4.78, 5) is 2.73. The third-order valence-electron chi connectivity index (χ3n) is 5.10. The molecule has 1 heterocycles. The molecule has 2 atom stereocenters. The molecule has 0 spiro atoms. The summed E-state index contributed by atoms with van der Waals surface area (Å²) in [6.07, 6.45) is 9.63. The lowest BCUT2D eigenvalue weighted by Gasteiger charge is -2.43. The van der Waals surface area contributed by atoms with Crippen molar-refractivity contribution in [2.75, 3.05) is 13.1 Å². The van der Waals surface area contributed by atoms with Crippen LogP contribution < -0.4 is 5.73 Å². The molecular formula is C16H32N2. The molecule has 0 aromatic heterocycles. The first-order chi connectivity index (χ1) is 8.51. The van der Waals surface area contributed by atoms with Crippen LogP contribution in [0.5, 0.6) is 0 Å². The lowest BCUT2D eigenvalue weighted by Crippen LogP contribution is -2.49. The fraction of sp³-hybridized carbons (Fsp3) is 1.00. The van der Waals surface area contributed by atoms with Gasteiger partial charge in [0.15, 0.2) is 0 Å². The summed E-state index contributed by atoms with van der Waals surface area (Å²) < 4.78 is 0. The van der Waals surface area contributed by atoms with Crippen molar-refractivity contribution < 1.29 is 0 Å². The second kappa shape index (κ2) is 5.92. The van der Waals surface area contributed by atoms with Gasteiger partial charge in [0.2, 0.25) is 0 Å². The van der Waals surface area contributed by atoms with E-state index in [1.807, 2.05) is 0 Å². The van der Waals surface area contributed by atoms with Gasteiger partial charge in [-0.25, -0.2) is 0 Å². The quantitative estimate of drug-likeness (QED) is 0.831. The van der Waals surface area contributed by atoms with Crippen molar-refractivity contribution in [3.05, 3.63) is 0 Å². The van der Waals surface area contributed by atoms with Crippen molar-refractivity contribution in [1.29, 1.82) is 0 Å². The Kier molecular flexibility index (Phi) is 4.71. The summed E-state index contributed by atoms with van der Waals surface area (Å²) in [5.74, 6) is 0.838. The Bertz CT molecular complexity index is 256. The van der Waals surface area contributed by atoms with E-state index in [4.69, 9.17) is 5.73 Å². The van der Waals surface area contributed by atoms with Crippen LogP contribution in [-0.4, -0.2) is 30.1 Å². The minimum atomic E-state index is 0.445. The molecule has 0 aromatic carbocycles. The molecule has 2 unspecified atom stereocenters. The predicted octanol–water partition coefficient (Wildman–Crippen LogP) is 3.40. The van der Waals surface area contributed by atoms with Gasteiger partial charge in [0.25, 0.3) is 0 Å². The standard InChI is InChI=1S/C16H32N2/c1-13(2)11-16(7-4-5-8-16)12-18-9-6-15(17)10-14(18)3/h13-15H,4-12,17H2,1-3H3. The average Bonchev–Trinajstić information content (AvgIpc) is 2.70. The van der Waals surface area contributed by atoms with Gasteiger partial charge in [0, 0.05) is 18.6 Å². The lowest BCUT2D eigenvalue weighted by atomic mass is 9.77. The zero-order chi connectivity index (χ0) is 13.2. The number of hydrogen-bond acceptors (Lipinski definition) is 2. The Labute approximate surface area is 113 Å². The smallest absolute Gasteiger partial charge is 0.00819 e. The van der Waals surface area contributed by atoms with Gasteiger partial charge < -0.3 is 5.73 Å². The third-order valence-corrected chi connectivity index (χ3v) is 5.10. The van der Waals surface area contributed by atoms with Crippen LogP contribution in [0.2, 0.25) is 0 Å². The van der Waals surface area contributed by atoms with Crippen LogP contribution in [0.3, 0.4) is 0 Å². The number of likely N-dealkylation sites (tertiary alicyclic amines) is 1. The van der Waals surface area contributed by atoms with Gasteiger partial charge >= 0.3 is 0 Å². The molecule has 2 fully saturated rings. The van der Waals surface area contributed by atoms with Gasteiger partial charge in [-0.05, 0) is 56.9 Å². The molecule has 2 rings (SSSR count). The minimum Gasteiger partial charge on any atom is -0.328 e. The molecule has 1 aliphatic heterocycles. The van der Waals surface area contributed by atoms with Crippen molar-refractivity contribution >= 4 is 0 Å². The van der Waals surface area contributed by atoms with E-state index in [9.17, 15) is 0 Å². The Balaban J connectivity index is 1.96. The maximum Gasteiger partial charge on any atom is 0.00819 e. The van der Waals surface area contributed by atoms with Crippen molar-refractivity contribution in [1.82, 2.24) is 4.90 Å². The van der Waals surface area contributed by atoms with Crippen LogP contribution in [0, 0.1) is 11.3 Å². The molecule has 106 valence electrons. The van der Waals surface area contributed by atoms with E-state index in [1.54, 1.807) is 0 Å². The highest BCUT2D eigenvalue weighted by Crippen LogP contribution is 2.44. The summed E-state index contributed by atoms with van der Waals surface area (Å²) in [5.41, 5.74) is 6.71. The van der Waals surface area contributed by atoms with E-state index in [2.05, 4.69) is 25.7 Å². The van der Waals surface area contributed by atoms with Crippen molar-refractivity contribution in [2.24, 2.45) is 17.1 Å². The molecule has 0 bridgehead atoms. The molecule has 1 saturated heterocycles. The number of hydrogen-bond donors (Lipinski definition) is 1. The molecule has 18 heavy (non-hydrogen) atoms. The summed E-state index contributed by atoms with van der Waals surface area (Å²) in [6, 6.07) is 1.14.